The first-order valence-corrected chi connectivity index (χ1v) is 11.5. The quantitative estimate of drug-likeness (QED) is 0.454. The van der Waals surface area contributed by atoms with E-state index in [-0.39, 0.29) is 18.6 Å². The molecule has 3 aromatic carbocycles. The van der Waals surface area contributed by atoms with E-state index in [9.17, 15) is 4.79 Å². The molecule has 0 radical (unpaired) electrons. The van der Waals surface area contributed by atoms with Crippen LogP contribution in [0, 0.1) is 0 Å². The molecule has 0 unspecified atom stereocenters. The van der Waals surface area contributed by atoms with Crippen LogP contribution in [0.5, 0.6) is 5.75 Å². The highest BCUT2D eigenvalue weighted by Gasteiger charge is 2.28. The third-order valence-corrected chi connectivity index (χ3v) is 6.36. The summed E-state index contributed by atoms with van der Waals surface area (Å²) in [6.07, 6.45) is 0. The molecule has 0 aromatic heterocycles. The molecule has 31 heavy (non-hydrogen) atoms. The fraction of sp³-hybridized carbons (Fsp3) is 0.240. The summed E-state index contributed by atoms with van der Waals surface area (Å²) >= 11 is 9.38. The topological polar surface area (TPSA) is 32.8 Å². The van der Waals surface area contributed by atoms with Crippen LogP contribution < -0.4 is 4.74 Å². The molecule has 1 saturated heterocycles. The van der Waals surface area contributed by atoms with Gasteiger partial charge in [0.25, 0.3) is 5.91 Å². The number of amides is 1. The van der Waals surface area contributed by atoms with E-state index in [2.05, 4.69) is 69.4 Å². The van der Waals surface area contributed by atoms with E-state index in [1.54, 1.807) is 18.2 Å². The van der Waals surface area contributed by atoms with Crippen molar-refractivity contribution in [2.45, 2.75) is 6.04 Å². The summed E-state index contributed by atoms with van der Waals surface area (Å²) in [7, 11) is 0. The van der Waals surface area contributed by atoms with Crippen molar-refractivity contribution >= 4 is 33.4 Å². The minimum atomic E-state index is -0.00234. The molecule has 0 spiro atoms. The zero-order valence-electron chi connectivity index (χ0n) is 17.1. The van der Waals surface area contributed by atoms with Crippen molar-refractivity contribution in [3.63, 3.8) is 0 Å². The molecule has 6 heteroatoms. The van der Waals surface area contributed by atoms with Crippen LogP contribution in [-0.2, 0) is 4.79 Å². The highest BCUT2D eigenvalue weighted by molar-refractivity contribution is 9.10. The number of halogens is 2. The maximum atomic E-state index is 12.7. The second kappa shape index (κ2) is 10.3. The largest absolute Gasteiger partial charge is 0.483 e. The summed E-state index contributed by atoms with van der Waals surface area (Å²) < 4.78 is 6.45. The molecule has 3 aromatic rings. The molecule has 0 bridgehead atoms. The van der Waals surface area contributed by atoms with Gasteiger partial charge in [0.15, 0.2) is 6.61 Å². The zero-order chi connectivity index (χ0) is 21.6. The second-order valence-corrected chi connectivity index (χ2v) is 8.79. The predicted molar refractivity (Wildman–Crippen MR) is 128 cm³/mol. The van der Waals surface area contributed by atoms with Crippen molar-refractivity contribution in [1.29, 1.82) is 0 Å². The lowest BCUT2D eigenvalue weighted by molar-refractivity contribution is -0.135. The Morgan fingerprint density at radius 1 is 0.903 bits per heavy atom. The highest BCUT2D eigenvalue weighted by atomic mass is 79.9. The molecule has 1 amide bonds. The van der Waals surface area contributed by atoms with Crippen LogP contribution in [0.3, 0.4) is 0 Å². The minimum absolute atomic E-state index is 0.00234. The molecular formula is C25H24BrClN2O2. The number of hydrogen-bond donors (Lipinski definition) is 0. The monoisotopic (exact) mass is 498 g/mol. The Hall–Kier alpha value is -2.34. The number of carbonyl (C=O) groups excluding carboxylic acids is 1. The van der Waals surface area contributed by atoms with E-state index in [1.165, 1.54) is 11.1 Å². The van der Waals surface area contributed by atoms with Crippen LogP contribution in [0.4, 0.5) is 0 Å². The Kier molecular flexibility index (Phi) is 7.28. The van der Waals surface area contributed by atoms with Gasteiger partial charge in [-0.05, 0) is 45.3 Å². The number of nitrogens with zero attached hydrogens (tertiary/aromatic N) is 2. The van der Waals surface area contributed by atoms with E-state index in [1.807, 2.05) is 17.0 Å². The van der Waals surface area contributed by atoms with Crippen LogP contribution in [0.2, 0.25) is 5.02 Å². The number of ether oxygens (including phenoxy) is 1. The second-order valence-electron chi connectivity index (χ2n) is 7.50. The molecule has 0 N–H and O–H groups in total. The summed E-state index contributed by atoms with van der Waals surface area (Å²) in [5, 5.41) is 0.619. The standard InChI is InChI=1S/C25H24BrClN2O2/c26-22-17-21(27)11-12-23(22)31-18-24(30)28-13-15-29(16-14-28)25(19-7-3-1-4-8-19)20-9-5-2-6-10-20/h1-12,17,25H,13-16,18H2. The Morgan fingerprint density at radius 2 is 1.48 bits per heavy atom. The van der Waals surface area contributed by atoms with Crippen LogP contribution in [-0.4, -0.2) is 48.5 Å². The van der Waals surface area contributed by atoms with Gasteiger partial charge >= 0.3 is 0 Å². The first-order chi connectivity index (χ1) is 15.1. The van der Waals surface area contributed by atoms with Gasteiger partial charge in [0.05, 0.1) is 10.5 Å². The predicted octanol–water partition coefficient (Wildman–Crippen LogP) is 5.42. The molecule has 4 nitrogen and oxygen atoms in total. The van der Waals surface area contributed by atoms with Gasteiger partial charge in [-0.15, -0.1) is 0 Å². The Morgan fingerprint density at radius 3 is 2.03 bits per heavy atom. The number of piperazine rings is 1. The SMILES string of the molecule is O=C(COc1ccc(Cl)cc1Br)N1CCN(C(c2ccccc2)c2ccccc2)CC1. The molecule has 1 fully saturated rings. The fourth-order valence-electron chi connectivity index (χ4n) is 3.94. The maximum absolute atomic E-state index is 12.7. The molecule has 160 valence electrons. The summed E-state index contributed by atoms with van der Waals surface area (Å²) in [6.45, 7) is 3.00. The van der Waals surface area contributed by atoms with Crippen molar-refractivity contribution in [2.75, 3.05) is 32.8 Å². The van der Waals surface area contributed by atoms with E-state index >= 15 is 0 Å². The minimum Gasteiger partial charge on any atom is -0.483 e. The average molecular weight is 500 g/mol. The van der Waals surface area contributed by atoms with E-state index in [4.69, 9.17) is 16.3 Å². The Labute approximate surface area is 196 Å². The number of benzene rings is 3. The molecule has 0 saturated carbocycles. The average Bonchev–Trinajstić information content (AvgIpc) is 2.80. The van der Waals surface area contributed by atoms with E-state index in [0.717, 1.165) is 17.6 Å². The van der Waals surface area contributed by atoms with Crippen molar-refractivity contribution in [3.8, 4) is 5.75 Å². The molecule has 1 aliphatic heterocycles. The summed E-state index contributed by atoms with van der Waals surface area (Å²) in [6, 6.07) is 26.6. The molecule has 0 aliphatic carbocycles. The van der Waals surface area contributed by atoms with Gasteiger partial charge in [-0.1, -0.05) is 72.3 Å². The Bertz CT molecular complexity index is 969. The Balaban J connectivity index is 1.39. The maximum Gasteiger partial charge on any atom is 0.260 e. The summed E-state index contributed by atoms with van der Waals surface area (Å²) in [5.41, 5.74) is 2.54. The fourth-order valence-corrected chi connectivity index (χ4v) is 4.73. The van der Waals surface area contributed by atoms with Gasteiger partial charge in [0.1, 0.15) is 5.75 Å². The van der Waals surface area contributed by atoms with Crippen LogP contribution >= 0.6 is 27.5 Å². The van der Waals surface area contributed by atoms with E-state index < -0.39 is 0 Å². The molecule has 1 heterocycles. The lowest BCUT2D eigenvalue weighted by Gasteiger charge is -2.39. The molecule has 4 rings (SSSR count). The first-order valence-electron chi connectivity index (χ1n) is 10.3. The number of carbonyl (C=O) groups is 1. The smallest absolute Gasteiger partial charge is 0.260 e. The van der Waals surface area contributed by atoms with Crippen LogP contribution in [0.25, 0.3) is 0 Å². The summed E-state index contributed by atoms with van der Waals surface area (Å²) in [4.78, 5) is 17.0. The normalized spacial score (nSPS) is 14.6. The van der Waals surface area contributed by atoms with Crippen molar-refractivity contribution in [2.24, 2.45) is 0 Å². The van der Waals surface area contributed by atoms with Gasteiger partial charge in [-0.2, -0.15) is 0 Å². The van der Waals surface area contributed by atoms with Gasteiger partial charge in [-0.3, -0.25) is 9.69 Å². The van der Waals surface area contributed by atoms with Crippen molar-refractivity contribution in [3.05, 3.63) is 99.5 Å². The molecular weight excluding hydrogens is 476 g/mol. The van der Waals surface area contributed by atoms with Gasteiger partial charge in [-0.25, -0.2) is 0 Å². The molecule has 1 aliphatic rings. The number of rotatable bonds is 6. The van der Waals surface area contributed by atoms with E-state index in [0.29, 0.717) is 23.9 Å². The number of hydrogen-bond acceptors (Lipinski definition) is 3. The van der Waals surface area contributed by atoms with Crippen molar-refractivity contribution < 1.29 is 9.53 Å². The van der Waals surface area contributed by atoms with Gasteiger partial charge < -0.3 is 9.64 Å². The third-order valence-electron chi connectivity index (χ3n) is 5.51. The lowest BCUT2D eigenvalue weighted by Crippen LogP contribution is -2.51. The zero-order valence-corrected chi connectivity index (χ0v) is 19.4. The first kappa shape index (κ1) is 21.9. The van der Waals surface area contributed by atoms with Gasteiger partial charge in [0.2, 0.25) is 0 Å². The van der Waals surface area contributed by atoms with Gasteiger partial charge in [0, 0.05) is 31.2 Å². The molecule has 0 atom stereocenters. The van der Waals surface area contributed by atoms with Crippen molar-refractivity contribution in [1.82, 2.24) is 9.80 Å². The summed E-state index contributed by atoms with van der Waals surface area (Å²) in [5.74, 6) is 0.613. The van der Waals surface area contributed by atoms with Crippen LogP contribution in [0.15, 0.2) is 83.3 Å². The highest BCUT2D eigenvalue weighted by Crippen LogP contribution is 2.30. The lowest BCUT2D eigenvalue weighted by atomic mass is 9.96. The van der Waals surface area contributed by atoms with Crippen LogP contribution in [0.1, 0.15) is 17.2 Å². The third kappa shape index (κ3) is 5.48.